The first kappa shape index (κ1) is 18.3. The van der Waals surface area contributed by atoms with Gasteiger partial charge in [-0.2, -0.15) is 0 Å². The summed E-state index contributed by atoms with van der Waals surface area (Å²) in [6.45, 7) is 2.96. The highest BCUT2D eigenvalue weighted by Crippen LogP contribution is 2.20. The average Bonchev–Trinajstić information content (AvgIpc) is 2.47. The van der Waals surface area contributed by atoms with Crippen molar-refractivity contribution >= 4 is 35.7 Å². The molecule has 0 unspecified atom stereocenters. The van der Waals surface area contributed by atoms with Gasteiger partial charge in [0.1, 0.15) is 0 Å². The van der Waals surface area contributed by atoms with E-state index in [0.717, 1.165) is 19.4 Å². The second-order valence-electron chi connectivity index (χ2n) is 5.35. The summed E-state index contributed by atoms with van der Waals surface area (Å²) in [7, 11) is 1.55. The Hall–Kier alpha value is -1.79. The Kier molecular flexibility index (Phi) is 7.14. The van der Waals surface area contributed by atoms with Gasteiger partial charge in [0, 0.05) is 30.4 Å². The van der Waals surface area contributed by atoms with Crippen molar-refractivity contribution < 1.29 is 9.59 Å². The molecule has 3 amide bonds. The van der Waals surface area contributed by atoms with Gasteiger partial charge in [-0.3, -0.25) is 4.79 Å². The van der Waals surface area contributed by atoms with Crippen molar-refractivity contribution in [3.63, 3.8) is 0 Å². The number of nitrogens with one attached hydrogen (secondary N) is 4. The van der Waals surface area contributed by atoms with E-state index in [0.29, 0.717) is 17.4 Å². The molecule has 0 spiro atoms. The number of amides is 3. The zero-order valence-corrected chi connectivity index (χ0v) is 13.6. The predicted molar refractivity (Wildman–Crippen MR) is 90.6 cm³/mol. The van der Waals surface area contributed by atoms with Crippen molar-refractivity contribution in [3.05, 3.63) is 24.3 Å². The zero-order valence-electron chi connectivity index (χ0n) is 12.8. The third-order valence-corrected chi connectivity index (χ3v) is 3.61. The van der Waals surface area contributed by atoms with Crippen molar-refractivity contribution in [2.45, 2.75) is 25.8 Å². The van der Waals surface area contributed by atoms with Crippen LogP contribution in [0.15, 0.2) is 24.3 Å². The van der Waals surface area contributed by atoms with E-state index < -0.39 is 0 Å². The molecule has 22 heavy (non-hydrogen) atoms. The van der Waals surface area contributed by atoms with Crippen molar-refractivity contribution in [3.8, 4) is 0 Å². The van der Waals surface area contributed by atoms with E-state index in [-0.39, 0.29) is 30.3 Å². The number of benzene rings is 1. The largest absolute Gasteiger partial charge is 0.341 e. The van der Waals surface area contributed by atoms with E-state index in [2.05, 4.69) is 28.2 Å². The maximum atomic E-state index is 12.3. The Morgan fingerprint density at radius 2 is 1.91 bits per heavy atom. The summed E-state index contributed by atoms with van der Waals surface area (Å²) in [6, 6.07) is 7.22. The molecule has 2 atom stereocenters. The summed E-state index contributed by atoms with van der Waals surface area (Å²) in [5.74, 6) is 0.0808. The van der Waals surface area contributed by atoms with Gasteiger partial charge in [-0.05, 0) is 44.5 Å². The molecule has 0 aromatic heterocycles. The number of hydrogen-bond donors (Lipinski definition) is 4. The Balaban J connectivity index is 0.00000242. The SMILES string of the molecule is CNC(=O)Nc1cccc(NC(=O)[C@H]2CCN[C@@H](C)C2)c1.Cl. The standard InChI is InChI=1S/C15H22N4O2.ClH/c1-10-8-11(6-7-17-10)14(20)18-12-4-3-5-13(9-12)19-15(21)16-2;/h3-5,9-11,17H,6-8H2,1-2H3,(H,18,20)(H2,16,19,21);1H/t10-,11-;/m0./s1. The molecule has 122 valence electrons. The minimum Gasteiger partial charge on any atom is -0.341 e. The van der Waals surface area contributed by atoms with Gasteiger partial charge >= 0.3 is 6.03 Å². The molecule has 1 aliphatic heterocycles. The van der Waals surface area contributed by atoms with Gasteiger partial charge in [-0.1, -0.05) is 6.07 Å². The lowest BCUT2D eigenvalue weighted by atomic mass is 9.92. The Bertz CT molecular complexity index is 524. The van der Waals surface area contributed by atoms with E-state index in [1.807, 2.05) is 6.07 Å². The van der Waals surface area contributed by atoms with Crippen LogP contribution in [0.2, 0.25) is 0 Å². The fourth-order valence-corrected chi connectivity index (χ4v) is 2.48. The molecule has 0 saturated carbocycles. The van der Waals surface area contributed by atoms with E-state index in [4.69, 9.17) is 0 Å². The van der Waals surface area contributed by atoms with Crippen molar-refractivity contribution in [1.82, 2.24) is 10.6 Å². The molecule has 1 fully saturated rings. The fourth-order valence-electron chi connectivity index (χ4n) is 2.48. The van der Waals surface area contributed by atoms with Crippen LogP contribution in [0.5, 0.6) is 0 Å². The molecule has 1 aromatic carbocycles. The van der Waals surface area contributed by atoms with Crippen LogP contribution in [0, 0.1) is 5.92 Å². The number of carbonyl (C=O) groups excluding carboxylic acids is 2. The minimum atomic E-state index is -0.286. The summed E-state index contributed by atoms with van der Waals surface area (Å²) in [6.07, 6.45) is 1.70. The van der Waals surface area contributed by atoms with Crippen LogP contribution in [0.3, 0.4) is 0 Å². The van der Waals surface area contributed by atoms with Gasteiger partial charge in [-0.25, -0.2) is 4.79 Å². The number of anilines is 2. The van der Waals surface area contributed by atoms with Gasteiger partial charge in [0.05, 0.1) is 0 Å². The van der Waals surface area contributed by atoms with Gasteiger partial charge in [0.25, 0.3) is 0 Å². The van der Waals surface area contributed by atoms with Gasteiger partial charge in [0.15, 0.2) is 0 Å². The number of rotatable bonds is 3. The van der Waals surface area contributed by atoms with Gasteiger partial charge in [0.2, 0.25) is 5.91 Å². The molecule has 7 heteroatoms. The monoisotopic (exact) mass is 326 g/mol. The van der Waals surface area contributed by atoms with E-state index in [1.54, 1.807) is 25.2 Å². The third-order valence-electron chi connectivity index (χ3n) is 3.61. The Morgan fingerprint density at radius 1 is 1.23 bits per heavy atom. The van der Waals surface area contributed by atoms with E-state index in [9.17, 15) is 9.59 Å². The van der Waals surface area contributed by atoms with Crippen LogP contribution >= 0.6 is 12.4 Å². The molecular weight excluding hydrogens is 304 g/mol. The summed E-state index contributed by atoms with van der Waals surface area (Å²) in [4.78, 5) is 23.5. The first-order valence-electron chi connectivity index (χ1n) is 7.21. The maximum absolute atomic E-state index is 12.3. The molecule has 1 heterocycles. The number of piperidine rings is 1. The minimum absolute atomic E-state index is 0. The molecule has 1 saturated heterocycles. The highest BCUT2D eigenvalue weighted by Gasteiger charge is 2.24. The van der Waals surface area contributed by atoms with Gasteiger partial charge < -0.3 is 21.3 Å². The second-order valence-corrected chi connectivity index (χ2v) is 5.35. The van der Waals surface area contributed by atoms with Crippen molar-refractivity contribution in [2.75, 3.05) is 24.2 Å². The van der Waals surface area contributed by atoms with Gasteiger partial charge in [-0.15, -0.1) is 12.4 Å². The lowest BCUT2D eigenvalue weighted by Gasteiger charge is -2.27. The van der Waals surface area contributed by atoms with E-state index >= 15 is 0 Å². The molecule has 1 aromatic rings. The topological polar surface area (TPSA) is 82.3 Å². The lowest BCUT2D eigenvalue weighted by Crippen LogP contribution is -2.40. The first-order chi connectivity index (χ1) is 10.1. The van der Waals surface area contributed by atoms with Crippen LogP contribution in [-0.2, 0) is 4.79 Å². The van der Waals surface area contributed by atoms with Crippen molar-refractivity contribution in [2.24, 2.45) is 5.92 Å². The number of halogens is 1. The summed E-state index contributed by atoms with van der Waals surface area (Å²) in [5.41, 5.74) is 1.34. The molecule has 0 bridgehead atoms. The van der Waals surface area contributed by atoms with Crippen LogP contribution in [-0.4, -0.2) is 31.6 Å². The number of hydrogen-bond acceptors (Lipinski definition) is 3. The second kappa shape index (κ2) is 8.60. The normalized spacial score (nSPS) is 20.5. The smallest absolute Gasteiger partial charge is 0.318 e. The molecular formula is C15H23ClN4O2. The lowest BCUT2D eigenvalue weighted by molar-refractivity contribution is -0.120. The molecule has 6 nitrogen and oxygen atoms in total. The average molecular weight is 327 g/mol. The maximum Gasteiger partial charge on any atom is 0.318 e. The van der Waals surface area contributed by atoms with Crippen molar-refractivity contribution in [1.29, 1.82) is 0 Å². The number of urea groups is 1. The summed E-state index contributed by atoms with van der Waals surface area (Å²) in [5, 5.41) is 11.4. The molecule has 0 aliphatic carbocycles. The van der Waals surface area contributed by atoms with Crippen LogP contribution < -0.4 is 21.3 Å². The highest BCUT2D eigenvalue weighted by atomic mass is 35.5. The fraction of sp³-hybridized carbons (Fsp3) is 0.467. The summed E-state index contributed by atoms with van der Waals surface area (Å²) >= 11 is 0. The predicted octanol–water partition coefficient (Wildman–Crippen LogP) is 2.19. The molecule has 0 radical (unpaired) electrons. The Morgan fingerprint density at radius 3 is 2.55 bits per heavy atom. The van der Waals surface area contributed by atoms with Crippen LogP contribution in [0.25, 0.3) is 0 Å². The Labute approximate surface area is 136 Å². The third kappa shape index (κ3) is 5.20. The van der Waals surface area contributed by atoms with Crippen LogP contribution in [0.1, 0.15) is 19.8 Å². The van der Waals surface area contributed by atoms with Crippen LogP contribution in [0.4, 0.5) is 16.2 Å². The molecule has 1 aliphatic rings. The highest BCUT2D eigenvalue weighted by molar-refractivity contribution is 5.94. The van der Waals surface area contributed by atoms with E-state index in [1.165, 1.54) is 0 Å². The molecule has 4 N–H and O–H groups in total. The summed E-state index contributed by atoms with van der Waals surface area (Å²) < 4.78 is 0. The number of carbonyl (C=O) groups is 2. The molecule has 2 rings (SSSR count). The quantitative estimate of drug-likeness (QED) is 0.687. The zero-order chi connectivity index (χ0) is 15.2. The first-order valence-corrected chi connectivity index (χ1v) is 7.21.